The summed E-state index contributed by atoms with van der Waals surface area (Å²) in [5.41, 5.74) is 0. The highest BCUT2D eigenvalue weighted by atomic mass is 127. The number of rotatable bonds is 7. The maximum absolute atomic E-state index is 4.81. The third kappa shape index (κ3) is 7.08. The first-order chi connectivity index (χ1) is 11.6. The zero-order chi connectivity index (χ0) is 17.4. The van der Waals surface area contributed by atoms with E-state index in [9.17, 15) is 0 Å². The van der Waals surface area contributed by atoms with E-state index in [0.29, 0.717) is 0 Å². The molecule has 0 amide bonds. The van der Waals surface area contributed by atoms with Crippen molar-refractivity contribution in [2.45, 2.75) is 40.7 Å². The van der Waals surface area contributed by atoms with Gasteiger partial charge in [-0.15, -0.1) is 34.2 Å². The van der Waals surface area contributed by atoms with Gasteiger partial charge in [0.15, 0.2) is 5.96 Å². The Hall–Kier alpha value is -0.900. The first-order valence-corrected chi connectivity index (χ1v) is 9.26. The van der Waals surface area contributed by atoms with Crippen molar-refractivity contribution in [1.29, 1.82) is 0 Å². The van der Waals surface area contributed by atoms with Crippen LogP contribution in [0.2, 0.25) is 0 Å². The van der Waals surface area contributed by atoms with Crippen molar-refractivity contribution in [2.24, 2.45) is 10.9 Å². The van der Waals surface area contributed by atoms with Crippen molar-refractivity contribution in [3.05, 3.63) is 12.2 Å². The highest BCUT2D eigenvalue weighted by molar-refractivity contribution is 14.0. The van der Waals surface area contributed by atoms with E-state index >= 15 is 0 Å². The standard InChI is InChI=1S/C17H33N7.HI/c1-5-16-21-20-14-24(16)8-7-19-17(18-6-2)23-11-9-22(10-12-23)13-15(3)4;/h14-15H,5-13H2,1-4H3,(H,18,19);1H. The number of hydrogen-bond acceptors (Lipinski definition) is 4. The van der Waals surface area contributed by atoms with E-state index in [4.69, 9.17) is 4.99 Å². The van der Waals surface area contributed by atoms with Gasteiger partial charge < -0.3 is 14.8 Å². The second-order valence-electron chi connectivity index (χ2n) is 6.71. The fourth-order valence-corrected chi connectivity index (χ4v) is 3.09. The summed E-state index contributed by atoms with van der Waals surface area (Å²) in [7, 11) is 0. The Bertz CT molecular complexity index is 507. The molecule has 0 aromatic carbocycles. The quantitative estimate of drug-likeness (QED) is 0.379. The zero-order valence-electron chi connectivity index (χ0n) is 16.1. The van der Waals surface area contributed by atoms with E-state index in [1.165, 1.54) is 6.54 Å². The Morgan fingerprint density at radius 2 is 1.96 bits per heavy atom. The molecule has 8 heteroatoms. The molecule has 0 bridgehead atoms. The molecule has 2 rings (SSSR count). The molecule has 0 spiro atoms. The van der Waals surface area contributed by atoms with Gasteiger partial charge in [0.2, 0.25) is 0 Å². The Balaban J connectivity index is 0.00000312. The lowest BCUT2D eigenvalue weighted by Crippen LogP contribution is -2.53. The summed E-state index contributed by atoms with van der Waals surface area (Å²) < 4.78 is 2.09. The van der Waals surface area contributed by atoms with Gasteiger partial charge in [-0.2, -0.15) is 0 Å². The monoisotopic (exact) mass is 463 g/mol. The van der Waals surface area contributed by atoms with E-state index in [1.807, 2.05) is 0 Å². The predicted octanol–water partition coefficient (Wildman–Crippen LogP) is 1.70. The minimum absolute atomic E-state index is 0. The number of nitrogens with zero attached hydrogens (tertiary/aromatic N) is 6. The molecule has 0 unspecified atom stereocenters. The summed E-state index contributed by atoms with van der Waals surface area (Å²) in [6.07, 6.45) is 2.70. The third-order valence-corrected chi connectivity index (χ3v) is 4.24. The maximum Gasteiger partial charge on any atom is 0.194 e. The van der Waals surface area contributed by atoms with Crippen LogP contribution in [-0.2, 0) is 13.0 Å². The molecule has 2 heterocycles. The van der Waals surface area contributed by atoms with Gasteiger partial charge in [-0.3, -0.25) is 9.89 Å². The number of piperazine rings is 1. The summed E-state index contributed by atoms with van der Waals surface area (Å²) in [5.74, 6) is 2.79. The molecule has 1 aromatic heterocycles. The number of aliphatic imine (C=N–C) groups is 1. The fraction of sp³-hybridized carbons (Fsp3) is 0.824. The van der Waals surface area contributed by atoms with Gasteiger partial charge in [-0.25, -0.2) is 0 Å². The molecule has 1 aromatic rings. The number of aryl methyl sites for hydroxylation is 1. The molecule has 1 fully saturated rings. The Morgan fingerprint density at radius 3 is 2.56 bits per heavy atom. The largest absolute Gasteiger partial charge is 0.357 e. The van der Waals surface area contributed by atoms with Crippen LogP contribution in [0.4, 0.5) is 0 Å². The normalized spacial score (nSPS) is 16.2. The first kappa shape index (κ1) is 22.1. The van der Waals surface area contributed by atoms with Crippen molar-refractivity contribution >= 4 is 29.9 Å². The number of halogens is 1. The molecule has 1 aliphatic heterocycles. The average molecular weight is 463 g/mol. The van der Waals surface area contributed by atoms with E-state index in [2.05, 4.69) is 57.6 Å². The summed E-state index contributed by atoms with van der Waals surface area (Å²) in [5, 5.41) is 11.5. The lowest BCUT2D eigenvalue weighted by atomic mass is 10.2. The lowest BCUT2D eigenvalue weighted by molar-refractivity contribution is 0.164. The molecule has 0 aliphatic carbocycles. The van der Waals surface area contributed by atoms with Gasteiger partial charge in [0.05, 0.1) is 6.54 Å². The van der Waals surface area contributed by atoms with Crippen molar-refractivity contribution in [3.63, 3.8) is 0 Å². The molecule has 0 atom stereocenters. The van der Waals surface area contributed by atoms with E-state index in [-0.39, 0.29) is 24.0 Å². The van der Waals surface area contributed by atoms with Crippen LogP contribution < -0.4 is 5.32 Å². The average Bonchev–Trinajstić information content (AvgIpc) is 3.02. The molecule has 1 aliphatic rings. The predicted molar refractivity (Wildman–Crippen MR) is 114 cm³/mol. The van der Waals surface area contributed by atoms with Gasteiger partial charge >= 0.3 is 0 Å². The van der Waals surface area contributed by atoms with Gasteiger partial charge in [0.1, 0.15) is 12.2 Å². The number of guanidine groups is 1. The number of hydrogen-bond donors (Lipinski definition) is 1. The highest BCUT2D eigenvalue weighted by Crippen LogP contribution is 2.06. The SMILES string of the molecule is CCNC(=NCCn1cnnc1CC)N1CCN(CC(C)C)CC1.I. The van der Waals surface area contributed by atoms with Gasteiger partial charge in [-0.05, 0) is 12.8 Å². The number of aromatic nitrogens is 3. The minimum atomic E-state index is 0. The van der Waals surface area contributed by atoms with E-state index in [0.717, 1.165) is 69.9 Å². The topological polar surface area (TPSA) is 61.6 Å². The van der Waals surface area contributed by atoms with Crippen molar-refractivity contribution in [3.8, 4) is 0 Å². The minimum Gasteiger partial charge on any atom is -0.357 e. The Labute approximate surface area is 169 Å². The van der Waals surface area contributed by atoms with E-state index < -0.39 is 0 Å². The van der Waals surface area contributed by atoms with Crippen LogP contribution in [0.1, 0.15) is 33.5 Å². The molecule has 1 saturated heterocycles. The van der Waals surface area contributed by atoms with Crippen molar-refractivity contribution < 1.29 is 0 Å². The smallest absolute Gasteiger partial charge is 0.194 e. The van der Waals surface area contributed by atoms with Gasteiger partial charge in [-0.1, -0.05) is 20.8 Å². The molecular formula is C17H34IN7. The molecule has 0 saturated carbocycles. The molecule has 25 heavy (non-hydrogen) atoms. The first-order valence-electron chi connectivity index (χ1n) is 9.26. The second-order valence-corrected chi connectivity index (χ2v) is 6.71. The summed E-state index contributed by atoms with van der Waals surface area (Å²) in [6.45, 7) is 16.8. The summed E-state index contributed by atoms with van der Waals surface area (Å²) in [6, 6.07) is 0. The fourth-order valence-electron chi connectivity index (χ4n) is 3.09. The Morgan fingerprint density at radius 1 is 1.24 bits per heavy atom. The molecule has 144 valence electrons. The number of nitrogens with one attached hydrogen (secondary N) is 1. The van der Waals surface area contributed by atoms with Gasteiger partial charge in [0, 0.05) is 52.2 Å². The third-order valence-electron chi connectivity index (χ3n) is 4.24. The van der Waals surface area contributed by atoms with Crippen molar-refractivity contribution in [2.75, 3.05) is 45.8 Å². The molecule has 0 radical (unpaired) electrons. The van der Waals surface area contributed by atoms with E-state index in [1.54, 1.807) is 6.33 Å². The van der Waals surface area contributed by atoms with Crippen LogP contribution in [0, 0.1) is 5.92 Å². The lowest BCUT2D eigenvalue weighted by Gasteiger charge is -2.37. The highest BCUT2D eigenvalue weighted by Gasteiger charge is 2.19. The molecular weight excluding hydrogens is 429 g/mol. The van der Waals surface area contributed by atoms with Crippen LogP contribution >= 0.6 is 24.0 Å². The van der Waals surface area contributed by atoms with Crippen molar-refractivity contribution in [1.82, 2.24) is 29.9 Å². The second kappa shape index (κ2) is 11.7. The molecule has 7 nitrogen and oxygen atoms in total. The van der Waals surface area contributed by atoms with Crippen LogP contribution in [0.15, 0.2) is 11.3 Å². The van der Waals surface area contributed by atoms with Crippen LogP contribution in [0.5, 0.6) is 0 Å². The van der Waals surface area contributed by atoms with Crippen LogP contribution in [0.25, 0.3) is 0 Å². The van der Waals surface area contributed by atoms with Gasteiger partial charge in [0.25, 0.3) is 0 Å². The zero-order valence-corrected chi connectivity index (χ0v) is 18.4. The maximum atomic E-state index is 4.81. The van der Waals surface area contributed by atoms with Crippen LogP contribution in [-0.4, -0.2) is 76.3 Å². The molecule has 1 N–H and O–H groups in total. The van der Waals surface area contributed by atoms with Crippen LogP contribution in [0.3, 0.4) is 0 Å². The summed E-state index contributed by atoms with van der Waals surface area (Å²) in [4.78, 5) is 9.74. The Kier molecular flexibility index (Phi) is 10.3. The summed E-state index contributed by atoms with van der Waals surface area (Å²) >= 11 is 0.